The Kier molecular flexibility index (Phi) is 5.35. The van der Waals surface area contributed by atoms with Crippen LogP contribution in [0.4, 0.5) is 0 Å². The van der Waals surface area contributed by atoms with Crippen molar-refractivity contribution in [2.75, 3.05) is 20.2 Å². The molecule has 0 spiro atoms. The van der Waals surface area contributed by atoms with E-state index in [0.29, 0.717) is 12.4 Å². The lowest BCUT2D eigenvalue weighted by Crippen LogP contribution is -2.50. The van der Waals surface area contributed by atoms with Crippen molar-refractivity contribution in [2.24, 2.45) is 0 Å². The highest BCUT2D eigenvalue weighted by Crippen LogP contribution is 2.16. The maximum atomic E-state index is 12.4. The summed E-state index contributed by atoms with van der Waals surface area (Å²) in [6.07, 6.45) is 4.81. The van der Waals surface area contributed by atoms with Gasteiger partial charge >= 0.3 is 0 Å². The lowest BCUT2D eigenvalue weighted by molar-refractivity contribution is -0.136. The van der Waals surface area contributed by atoms with Crippen LogP contribution in [0.15, 0.2) is 18.3 Å². The van der Waals surface area contributed by atoms with Crippen molar-refractivity contribution in [3.8, 4) is 5.88 Å². The Labute approximate surface area is 120 Å². The molecule has 5 heteroatoms. The second kappa shape index (κ2) is 7.24. The first-order valence-electron chi connectivity index (χ1n) is 7.25. The third-order valence-corrected chi connectivity index (χ3v) is 3.55. The van der Waals surface area contributed by atoms with Gasteiger partial charge in [0.25, 0.3) is 0 Å². The molecule has 20 heavy (non-hydrogen) atoms. The maximum absolute atomic E-state index is 12.4. The zero-order valence-electron chi connectivity index (χ0n) is 12.3. The summed E-state index contributed by atoms with van der Waals surface area (Å²) in [6, 6.07) is 3.77. The van der Waals surface area contributed by atoms with E-state index >= 15 is 0 Å². The van der Waals surface area contributed by atoms with Crippen LogP contribution in [0.2, 0.25) is 0 Å². The minimum Gasteiger partial charge on any atom is -0.481 e. The molecule has 1 N–H and O–H groups in total. The molecule has 0 saturated carbocycles. The summed E-state index contributed by atoms with van der Waals surface area (Å²) >= 11 is 0. The highest BCUT2D eigenvalue weighted by molar-refractivity contribution is 5.82. The molecule has 0 aliphatic carbocycles. The lowest BCUT2D eigenvalue weighted by atomic mass is 10.0. The predicted molar refractivity (Wildman–Crippen MR) is 77.5 cm³/mol. The molecule has 1 saturated heterocycles. The molecule has 1 atom stereocenters. The fraction of sp³-hybridized carbons (Fsp3) is 0.600. The van der Waals surface area contributed by atoms with Gasteiger partial charge in [0.2, 0.25) is 11.8 Å². The van der Waals surface area contributed by atoms with Crippen LogP contribution in [0.3, 0.4) is 0 Å². The average molecular weight is 277 g/mol. The van der Waals surface area contributed by atoms with Crippen molar-refractivity contribution in [3.63, 3.8) is 0 Å². The number of hydrogen-bond donors (Lipinski definition) is 1. The van der Waals surface area contributed by atoms with E-state index in [-0.39, 0.29) is 11.9 Å². The quantitative estimate of drug-likeness (QED) is 0.858. The van der Waals surface area contributed by atoms with Crippen molar-refractivity contribution in [1.82, 2.24) is 15.2 Å². The fourth-order valence-corrected chi connectivity index (χ4v) is 2.45. The number of amides is 1. The van der Waals surface area contributed by atoms with Gasteiger partial charge in [-0.3, -0.25) is 4.79 Å². The molecule has 0 aromatic carbocycles. The maximum Gasteiger partial charge on any atom is 0.240 e. The van der Waals surface area contributed by atoms with Gasteiger partial charge in [-0.15, -0.1) is 0 Å². The highest BCUT2D eigenvalue weighted by atomic mass is 16.5. The van der Waals surface area contributed by atoms with E-state index in [1.165, 1.54) is 0 Å². The zero-order valence-corrected chi connectivity index (χ0v) is 12.3. The number of methoxy groups -OCH3 is 1. The molecular weight excluding hydrogens is 254 g/mol. The molecule has 110 valence electrons. The van der Waals surface area contributed by atoms with E-state index in [1.54, 1.807) is 13.3 Å². The highest BCUT2D eigenvalue weighted by Gasteiger charge is 2.27. The Hall–Kier alpha value is -1.62. The number of carbonyl (C=O) groups excluding carboxylic acids is 1. The first-order valence-corrected chi connectivity index (χ1v) is 7.25. The molecule has 1 unspecified atom stereocenters. The van der Waals surface area contributed by atoms with Crippen molar-refractivity contribution in [1.29, 1.82) is 0 Å². The van der Waals surface area contributed by atoms with Crippen LogP contribution in [0, 0.1) is 0 Å². The third-order valence-electron chi connectivity index (χ3n) is 3.55. The molecule has 1 aliphatic heterocycles. The largest absolute Gasteiger partial charge is 0.481 e. The summed E-state index contributed by atoms with van der Waals surface area (Å²) in [7, 11) is 1.60. The summed E-state index contributed by atoms with van der Waals surface area (Å²) in [6.45, 7) is 4.46. The molecule has 1 aromatic heterocycles. The predicted octanol–water partition coefficient (Wildman–Crippen LogP) is 1.58. The Balaban J connectivity index is 1.95. The molecular formula is C15H23N3O2. The van der Waals surface area contributed by atoms with Gasteiger partial charge in [0, 0.05) is 25.4 Å². The minimum atomic E-state index is -0.0186. The van der Waals surface area contributed by atoms with E-state index in [2.05, 4.69) is 17.2 Å². The monoisotopic (exact) mass is 277 g/mol. The van der Waals surface area contributed by atoms with Crippen LogP contribution in [0.1, 0.15) is 31.7 Å². The molecule has 1 amide bonds. The van der Waals surface area contributed by atoms with Gasteiger partial charge in [-0.2, -0.15) is 0 Å². The van der Waals surface area contributed by atoms with Crippen LogP contribution in [-0.2, 0) is 11.3 Å². The summed E-state index contributed by atoms with van der Waals surface area (Å²) in [5, 5.41) is 3.33. The number of hydrogen-bond acceptors (Lipinski definition) is 4. The standard InChI is InChI=1S/C15H23N3O2/c1-3-8-16-13-5-4-9-18(15(13)19)11-12-6-7-14(20-2)17-10-12/h6-7,10,13,16H,3-5,8-9,11H2,1-2H3. The second-order valence-corrected chi connectivity index (χ2v) is 5.12. The third kappa shape index (κ3) is 3.70. The Bertz CT molecular complexity index is 433. The van der Waals surface area contributed by atoms with Crippen LogP contribution in [-0.4, -0.2) is 42.0 Å². The van der Waals surface area contributed by atoms with Crippen LogP contribution >= 0.6 is 0 Å². The van der Waals surface area contributed by atoms with Crippen LogP contribution in [0.25, 0.3) is 0 Å². The molecule has 2 heterocycles. The number of piperidine rings is 1. The Morgan fingerprint density at radius 1 is 1.50 bits per heavy atom. The number of nitrogens with one attached hydrogen (secondary N) is 1. The molecule has 1 fully saturated rings. The van der Waals surface area contributed by atoms with Gasteiger partial charge in [0.15, 0.2) is 0 Å². The van der Waals surface area contributed by atoms with Crippen molar-refractivity contribution >= 4 is 5.91 Å². The van der Waals surface area contributed by atoms with E-state index < -0.39 is 0 Å². The number of aromatic nitrogens is 1. The molecule has 1 aromatic rings. The van der Waals surface area contributed by atoms with Crippen molar-refractivity contribution in [3.05, 3.63) is 23.9 Å². The van der Waals surface area contributed by atoms with Gasteiger partial charge in [-0.1, -0.05) is 13.0 Å². The van der Waals surface area contributed by atoms with Crippen LogP contribution in [0.5, 0.6) is 5.88 Å². The van der Waals surface area contributed by atoms with Crippen LogP contribution < -0.4 is 10.1 Å². The van der Waals surface area contributed by atoms with E-state index in [0.717, 1.165) is 37.9 Å². The molecule has 1 aliphatic rings. The topological polar surface area (TPSA) is 54.5 Å². The molecule has 5 nitrogen and oxygen atoms in total. The molecule has 0 radical (unpaired) electrons. The fourth-order valence-electron chi connectivity index (χ4n) is 2.45. The number of pyridine rings is 1. The van der Waals surface area contributed by atoms with Gasteiger partial charge in [0.1, 0.15) is 0 Å². The molecule has 0 bridgehead atoms. The first kappa shape index (κ1) is 14.8. The summed E-state index contributed by atoms with van der Waals surface area (Å²) in [5.41, 5.74) is 1.04. The van der Waals surface area contributed by atoms with Gasteiger partial charge < -0.3 is 15.0 Å². The molecule has 2 rings (SSSR count). The normalized spacial score (nSPS) is 19.2. The Morgan fingerprint density at radius 3 is 3.00 bits per heavy atom. The SMILES string of the molecule is CCCNC1CCCN(Cc2ccc(OC)nc2)C1=O. The second-order valence-electron chi connectivity index (χ2n) is 5.12. The summed E-state index contributed by atoms with van der Waals surface area (Å²) in [4.78, 5) is 18.5. The summed E-state index contributed by atoms with van der Waals surface area (Å²) < 4.78 is 5.04. The number of likely N-dealkylation sites (tertiary alicyclic amines) is 1. The number of ether oxygens (including phenoxy) is 1. The number of nitrogens with zero attached hydrogens (tertiary/aromatic N) is 2. The number of carbonyl (C=O) groups is 1. The number of rotatable bonds is 6. The van der Waals surface area contributed by atoms with Crippen molar-refractivity contribution in [2.45, 2.75) is 38.8 Å². The lowest BCUT2D eigenvalue weighted by Gasteiger charge is -2.32. The van der Waals surface area contributed by atoms with E-state index in [4.69, 9.17) is 4.74 Å². The zero-order chi connectivity index (χ0) is 14.4. The first-order chi connectivity index (χ1) is 9.74. The smallest absolute Gasteiger partial charge is 0.240 e. The van der Waals surface area contributed by atoms with E-state index in [1.807, 2.05) is 17.0 Å². The van der Waals surface area contributed by atoms with Crippen molar-refractivity contribution < 1.29 is 9.53 Å². The Morgan fingerprint density at radius 2 is 2.35 bits per heavy atom. The van der Waals surface area contributed by atoms with E-state index in [9.17, 15) is 4.79 Å². The minimum absolute atomic E-state index is 0.0186. The average Bonchev–Trinajstić information content (AvgIpc) is 2.49. The van der Waals surface area contributed by atoms with Gasteiger partial charge in [-0.25, -0.2) is 4.98 Å². The summed E-state index contributed by atoms with van der Waals surface area (Å²) in [5.74, 6) is 0.807. The van der Waals surface area contributed by atoms with Gasteiger partial charge in [-0.05, 0) is 31.4 Å². The van der Waals surface area contributed by atoms with Gasteiger partial charge in [0.05, 0.1) is 13.2 Å².